The molecular formula is C11H22N2O. The standard InChI is InChI=1S/C11H22N2O/c1-11(2,12)7-6-9-4-5-10(14)13(3)8-9/h9H,4-8,12H2,1-3H3. The topological polar surface area (TPSA) is 46.3 Å². The zero-order valence-electron chi connectivity index (χ0n) is 9.55. The highest BCUT2D eigenvalue weighted by Crippen LogP contribution is 2.23. The van der Waals surface area contributed by atoms with Crippen molar-refractivity contribution in [1.29, 1.82) is 0 Å². The molecule has 1 fully saturated rings. The van der Waals surface area contributed by atoms with E-state index in [1.807, 2.05) is 11.9 Å². The first kappa shape index (κ1) is 11.5. The minimum absolute atomic E-state index is 0.0694. The van der Waals surface area contributed by atoms with Crippen LogP contribution in [0.1, 0.15) is 39.5 Å². The molecule has 0 spiro atoms. The molecule has 3 heteroatoms. The van der Waals surface area contributed by atoms with Gasteiger partial charge in [0.1, 0.15) is 0 Å². The molecule has 0 aromatic heterocycles. The third-order valence-corrected chi connectivity index (χ3v) is 2.92. The monoisotopic (exact) mass is 198 g/mol. The maximum Gasteiger partial charge on any atom is 0.222 e. The van der Waals surface area contributed by atoms with E-state index in [4.69, 9.17) is 5.73 Å². The van der Waals surface area contributed by atoms with Gasteiger partial charge in [-0.2, -0.15) is 0 Å². The van der Waals surface area contributed by atoms with Gasteiger partial charge in [0.15, 0.2) is 0 Å². The number of nitrogens with two attached hydrogens (primary N) is 1. The first-order valence-corrected chi connectivity index (χ1v) is 5.41. The van der Waals surface area contributed by atoms with Gasteiger partial charge in [0.05, 0.1) is 0 Å². The van der Waals surface area contributed by atoms with Crippen molar-refractivity contribution in [3.8, 4) is 0 Å². The molecule has 1 aliphatic rings. The van der Waals surface area contributed by atoms with Crippen molar-refractivity contribution in [2.75, 3.05) is 13.6 Å². The second-order valence-corrected chi connectivity index (χ2v) is 5.21. The van der Waals surface area contributed by atoms with Crippen LogP contribution in [-0.4, -0.2) is 29.9 Å². The van der Waals surface area contributed by atoms with Crippen molar-refractivity contribution in [3.63, 3.8) is 0 Å². The molecule has 14 heavy (non-hydrogen) atoms. The Morgan fingerprint density at radius 1 is 1.57 bits per heavy atom. The van der Waals surface area contributed by atoms with Crippen molar-refractivity contribution >= 4 is 5.91 Å². The van der Waals surface area contributed by atoms with Gasteiger partial charge in [-0.1, -0.05) is 0 Å². The lowest BCUT2D eigenvalue weighted by Crippen LogP contribution is -2.38. The summed E-state index contributed by atoms with van der Waals surface area (Å²) in [4.78, 5) is 13.1. The number of carbonyl (C=O) groups excluding carboxylic acids is 1. The number of piperidine rings is 1. The zero-order chi connectivity index (χ0) is 10.8. The van der Waals surface area contributed by atoms with Crippen LogP contribution in [0.5, 0.6) is 0 Å². The summed E-state index contributed by atoms with van der Waals surface area (Å²) in [6.45, 7) is 5.03. The van der Waals surface area contributed by atoms with Gasteiger partial charge in [-0.15, -0.1) is 0 Å². The van der Waals surface area contributed by atoms with Crippen LogP contribution < -0.4 is 5.73 Å². The number of amides is 1. The third-order valence-electron chi connectivity index (χ3n) is 2.92. The summed E-state index contributed by atoms with van der Waals surface area (Å²) in [6, 6.07) is 0. The lowest BCUT2D eigenvalue weighted by molar-refractivity contribution is -0.133. The van der Waals surface area contributed by atoms with Crippen molar-refractivity contribution < 1.29 is 4.79 Å². The highest BCUT2D eigenvalue weighted by atomic mass is 16.2. The molecule has 2 N–H and O–H groups in total. The molecule has 0 aliphatic carbocycles. The molecule has 1 amide bonds. The van der Waals surface area contributed by atoms with E-state index in [1.54, 1.807) is 0 Å². The summed E-state index contributed by atoms with van der Waals surface area (Å²) in [5, 5.41) is 0. The molecular weight excluding hydrogens is 176 g/mol. The maximum atomic E-state index is 11.2. The highest BCUT2D eigenvalue weighted by Gasteiger charge is 2.24. The van der Waals surface area contributed by atoms with Gasteiger partial charge < -0.3 is 10.6 Å². The first-order chi connectivity index (χ1) is 6.38. The van der Waals surface area contributed by atoms with Crippen LogP contribution in [0.2, 0.25) is 0 Å². The first-order valence-electron chi connectivity index (χ1n) is 5.41. The van der Waals surface area contributed by atoms with Crippen molar-refractivity contribution in [2.45, 2.75) is 45.1 Å². The summed E-state index contributed by atoms with van der Waals surface area (Å²) < 4.78 is 0. The Bertz CT molecular complexity index is 208. The number of nitrogens with zero attached hydrogens (tertiary/aromatic N) is 1. The van der Waals surface area contributed by atoms with Gasteiger partial charge in [-0.3, -0.25) is 4.79 Å². The van der Waals surface area contributed by atoms with Crippen LogP contribution in [-0.2, 0) is 4.79 Å². The Labute approximate surface area is 86.6 Å². The van der Waals surface area contributed by atoms with Gasteiger partial charge in [-0.05, 0) is 39.0 Å². The normalized spacial score (nSPS) is 24.1. The van der Waals surface area contributed by atoms with Crippen LogP contribution in [0.3, 0.4) is 0 Å². The molecule has 0 saturated carbocycles. The number of hydrogen-bond acceptors (Lipinski definition) is 2. The number of likely N-dealkylation sites (tertiary alicyclic amines) is 1. The van der Waals surface area contributed by atoms with Crippen LogP contribution in [0, 0.1) is 5.92 Å². The quantitative estimate of drug-likeness (QED) is 0.744. The Hall–Kier alpha value is -0.570. The van der Waals surface area contributed by atoms with Gasteiger partial charge in [-0.25, -0.2) is 0 Å². The summed E-state index contributed by atoms with van der Waals surface area (Å²) in [5.41, 5.74) is 5.86. The van der Waals surface area contributed by atoms with E-state index in [1.165, 1.54) is 0 Å². The minimum atomic E-state index is -0.0694. The Morgan fingerprint density at radius 2 is 2.21 bits per heavy atom. The molecule has 1 saturated heterocycles. The number of rotatable bonds is 3. The van der Waals surface area contributed by atoms with E-state index < -0.39 is 0 Å². The molecule has 0 aromatic carbocycles. The second-order valence-electron chi connectivity index (χ2n) is 5.21. The van der Waals surface area contributed by atoms with Gasteiger partial charge in [0.2, 0.25) is 5.91 Å². The summed E-state index contributed by atoms with van der Waals surface area (Å²) in [5.74, 6) is 0.939. The van der Waals surface area contributed by atoms with E-state index >= 15 is 0 Å². The summed E-state index contributed by atoms with van der Waals surface area (Å²) >= 11 is 0. The lowest BCUT2D eigenvalue weighted by atomic mass is 9.88. The lowest BCUT2D eigenvalue weighted by Gasteiger charge is -2.31. The van der Waals surface area contributed by atoms with E-state index in [-0.39, 0.29) is 11.4 Å². The van der Waals surface area contributed by atoms with E-state index in [9.17, 15) is 4.79 Å². The van der Waals surface area contributed by atoms with Gasteiger partial charge in [0, 0.05) is 25.6 Å². The fourth-order valence-corrected chi connectivity index (χ4v) is 1.91. The molecule has 1 atom stereocenters. The largest absolute Gasteiger partial charge is 0.345 e. The molecule has 1 aliphatic heterocycles. The second kappa shape index (κ2) is 4.30. The number of carbonyl (C=O) groups is 1. The molecule has 1 rings (SSSR count). The van der Waals surface area contributed by atoms with Gasteiger partial charge >= 0.3 is 0 Å². The van der Waals surface area contributed by atoms with Crippen molar-refractivity contribution in [3.05, 3.63) is 0 Å². The molecule has 0 bridgehead atoms. The number of hydrogen-bond donors (Lipinski definition) is 1. The fraction of sp³-hybridized carbons (Fsp3) is 0.909. The van der Waals surface area contributed by atoms with E-state index in [0.29, 0.717) is 12.3 Å². The molecule has 1 unspecified atom stereocenters. The average molecular weight is 198 g/mol. The molecule has 1 heterocycles. The summed E-state index contributed by atoms with van der Waals surface area (Å²) in [7, 11) is 1.89. The summed E-state index contributed by atoms with van der Waals surface area (Å²) in [6.07, 6.45) is 3.94. The van der Waals surface area contributed by atoms with Crippen molar-refractivity contribution in [1.82, 2.24) is 4.90 Å². The van der Waals surface area contributed by atoms with E-state index in [2.05, 4.69) is 13.8 Å². The predicted molar refractivity (Wildman–Crippen MR) is 57.9 cm³/mol. The fourth-order valence-electron chi connectivity index (χ4n) is 1.91. The molecule has 82 valence electrons. The predicted octanol–water partition coefficient (Wildman–Crippen LogP) is 1.37. The smallest absolute Gasteiger partial charge is 0.222 e. The van der Waals surface area contributed by atoms with E-state index in [0.717, 1.165) is 25.8 Å². The SMILES string of the molecule is CN1CC(CCC(C)(C)N)CCC1=O. The van der Waals surface area contributed by atoms with Crippen LogP contribution >= 0.6 is 0 Å². The third kappa shape index (κ3) is 3.66. The Morgan fingerprint density at radius 3 is 2.71 bits per heavy atom. The highest BCUT2D eigenvalue weighted by molar-refractivity contribution is 5.76. The maximum absolute atomic E-state index is 11.2. The van der Waals surface area contributed by atoms with Crippen LogP contribution in [0.4, 0.5) is 0 Å². The van der Waals surface area contributed by atoms with Gasteiger partial charge in [0.25, 0.3) is 0 Å². The molecule has 0 aromatic rings. The van der Waals surface area contributed by atoms with Crippen molar-refractivity contribution in [2.24, 2.45) is 11.7 Å². The molecule has 3 nitrogen and oxygen atoms in total. The zero-order valence-corrected chi connectivity index (χ0v) is 9.55. The Balaban J connectivity index is 2.30. The molecule has 0 radical (unpaired) electrons. The minimum Gasteiger partial charge on any atom is -0.345 e. The van der Waals surface area contributed by atoms with Crippen LogP contribution in [0.15, 0.2) is 0 Å². The van der Waals surface area contributed by atoms with Crippen LogP contribution in [0.25, 0.3) is 0 Å². The average Bonchev–Trinajstić information content (AvgIpc) is 2.06. The Kier molecular flexibility index (Phi) is 3.53.